The maximum Gasteiger partial charge on any atom is 0.315 e. The topological polar surface area (TPSA) is 109 Å². The molecule has 0 aliphatic heterocycles. The Bertz CT molecular complexity index is 1480. The van der Waals surface area contributed by atoms with E-state index in [9.17, 15) is 14.9 Å². The van der Waals surface area contributed by atoms with Crippen LogP contribution in [0.5, 0.6) is 11.5 Å². The van der Waals surface area contributed by atoms with Gasteiger partial charge in [0.05, 0.1) is 28.6 Å². The van der Waals surface area contributed by atoms with Crippen molar-refractivity contribution in [3.8, 4) is 22.9 Å². The Hall–Kier alpha value is -4.79. The van der Waals surface area contributed by atoms with Gasteiger partial charge in [0, 0.05) is 17.2 Å². The zero-order valence-corrected chi connectivity index (χ0v) is 19.0. The molecular formula is C26H22N4O5. The average molecular weight is 470 g/mol. The standard InChI is InChI=1S/C26H22N4O5/c1-3-14-35-24-22(30(32)33)15-18(16-23(24)34-4-2)17-27-29-25(19-10-6-5-7-11-19)28-21-13-9-8-12-20(21)26(29)31/h3,5-13,15-17H,1,4,14H2,2H3. The lowest BCUT2D eigenvalue weighted by Crippen LogP contribution is -2.20. The van der Waals surface area contributed by atoms with Crippen LogP contribution in [0.4, 0.5) is 5.69 Å². The molecule has 0 bridgehead atoms. The molecular weight excluding hydrogens is 448 g/mol. The van der Waals surface area contributed by atoms with Crippen LogP contribution in [-0.2, 0) is 0 Å². The molecule has 176 valence electrons. The SMILES string of the molecule is C=CCOc1c(OCC)cc(C=Nn2c(-c3ccccc3)nc3ccccc3c2=O)cc1[N+](=O)[O-]. The van der Waals surface area contributed by atoms with E-state index in [1.54, 1.807) is 31.2 Å². The third-order valence-electron chi connectivity index (χ3n) is 5.01. The fraction of sp³-hybridized carbons (Fsp3) is 0.115. The maximum atomic E-state index is 13.3. The highest BCUT2D eigenvalue weighted by Crippen LogP contribution is 2.38. The number of nitrogens with zero attached hydrogens (tertiary/aromatic N) is 4. The van der Waals surface area contributed by atoms with E-state index in [-0.39, 0.29) is 36.0 Å². The second-order valence-electron chi connectivity index (χ2n) is 7.34. The normalized spacial score (nSPS) is 11.0. The second kappa shape index (κ2) is 10.4. The summed E-state index contributed by atoms with van der Waals surface area (Å²) in [6, 6.07) is 19.1. The Kier molecular flexibility index (Phi) is 6.96. The van der Waals surface area contributed by atoms with Crippen molar-refractivity contribution in [3.05, 3.63) is 105 Å². The number of rotatable bonds is 9. The summed E-state index contributed by atoms with van der Waals surface area (Å²) in [7, 11) is 0. The molecule has 4 rings (SSSR count). The maximum absolute atomic E-state index is 13.3. The first-order valence-electron chi connectivity index (χ1n) is 10.8. The van der Waals surface area contributed by atoms with Crippen LogP contribution in [0, 0.1) is 10.1 Å². The summed E-state index contributed by atoms with van der Waals surface area (Å²) < 4.78 is 12.3. The number of hydrogen-bond donors (Lipinski definition) is 0. The van der Waals surface area contributed by atoms with E-state index in [1.807, 2.05) is 36.4 Å². The van der Waals surface area contributed by atoms with Gasteiger partial charge in [-0.2, -0.15) is 9.78 Å². The highest BCUT2D eigenvalue weighted by molar-refractivity contribution is 5.84. The third kappa shape index (κ3) is 4.93. The molecule has 0 atom stereocenters. The largest absolute Gasteiger partial charge is 0.490 e. The molecule has 9 heteroatoms. The van der Waals surface area contributed by atoms with Gasteiger partial charge in [0.2, 0.25) is 5.75 Å². The Morgan fingerprint density at radius 1 is 1.11 bits per heavy atom. The van der Waals surface area contributed by atoms with Crippen LogP contribution in [-0.4, -0.2) is 34.0 Å². The average Bonchev–Trinajstić information content (AvgIpc) is 2.87. The van der Waals surface area contributed by atoms with Gasteiger partial charge in [-0.15, -0.1) is 0 Å². The molecule has 0 unspecified atom stereocenters. The first-order chi connectivity index (χ1) is 17.0. The highest BCUT2D eigenvalue weighted by atomic mass is 16.6. The van der Waals surface area contributed by atoms with Gasteiger partial charge in [0.15, 0.2) is 11.6 Å². The molecule has 9 nitrogen and oxygen atoms in total. The van der Waals surface area contributed by atoms with Crippen LogP contribution in [0.2, 0.25) is 0 Å². The monoisotopic (exact) mass is 470 g/mol. The first kappa shape index (κ1) is 23.4. The summed E-state index contributed by atoms with van der Waals surface area (Å²) in [6.07, 6.45) is 2.84. The van der Waals surface area contributed by atoms with E-state index >= 15 is 0 Å². The van der Waals surface area contributed by atoms with Crippen molar-refractivity contribution in [1.29, 1.82) is 0 Å². The van der Waals surface area contributed by atoms with Gasteiger partial charge >= 0.3 is 5.69 Å². The third-order valence-corrected chi connectivity index (χ3v) is 5.01. The van der Waals surface area contributed by atoms with Gasteiger partial charge in [0.1, 0.15) is 6.61 Å². The summed E-state index contributed by atoms with van der Waals surface area (Å²) in [5.41, 5.74) is 0.940. The lowest BCUT2D eigenvalue weighted by atomic mass is 10.1. The molecule has 3 aromatic carbocycles. The number of benzene rings is 3. The molecule has 35 heavy (non-hydrogen) atoms. The van der Waals surface area contributed by atoms with Crippen LogP contribution in [0.1, 0.15) is 12.5 Å². The van der Waals surface area contributed by atoms with Crippen molar-refractivity contribution in [2.24, 2.45) is 5.10 Å². The van der Waals surface area contributed by atoms with Crippen molar-refractivity contribution < 1.29 is 14.4 Å². The molecule has 0 N–H and O–H groups in total. The summed E-state index contributed by atoms with van der Waals surface area (Å²) in [4.78, 5) is 29.1. The summed E-state index contributed by atoms with van der Waals surface area (Å²) in [5.74, 6) is 0.539. The smallest absolute Gasteiger partial charge is 0.315 e. The predicted octanol–water partition coefficient (Wildman–Crippen LogP) is 4.82. The Morgan fingerprint density at radius 2 is 1.86 bits per heavy atom. The molecule has 0 saturated carbocycles. The second-order valence-corrected chi connectivity index (χ2v) is 7.34. The Morgan fingerprint density at radius 3 is 2.57 bits per heavy atom. The van der Waals surface area contributed by atoms with Crippen LogP contribution in [0.15, 0.2) is 89.3 Å². The number of para-hydroxylation sites is 1. The molecule has 0 amide bonds. The molecule has 0 saturated heterocycles. The highest BCUT2D eigenvalue weighted by Gasteiger charge is 2.22. The fourth-order valence-corrected chi connectivity index (χ4v) is 3.50. The minimum absolute atomic E-state index is 0.00316. The number of hydrogen-bond acceptors (Lipinski definition) is 7. The minimum atomic E-state index is -0.558. The number of ether oxygens (including phenoxy) is 2. The van der Waals surface area contributed by atoms with Gasteiger partial charge in [-0.25, -0.2) is 4.98 Å². The van der Waals surface area contributed by atoms with Crippen molar-refractivity contribution in [3.63, 3.8) is 0 Å². The van der Waals surface area contributed by atoms with Gasteiger partial charge in [-0.05, 0) is 25.1 Å². The summed E-state index contributed by atoms with van der Waals surface area (Å²) in [6.45, 7) is 5.68. The lowest BCUT2D eigenvalue weighted by Gasteiger charge is -2.12. The van der Waals surface area contributed by atoms with E-state index in [0.29, 0.717) is 27.9 Å². The fourth-order valence-electron chi connectivity index (χ4n) is 3.50. The Labute approximate surface area is 200 Å². The molecule has 0 aliphatic carbocycles. The van der Waals surface area contributed by atoms with Crippen molar-refractivity contribution in [2.75, 3.05) is 13.2 Å². The first-order valence-corrected chi connectivity index (χ1v) is 10.8. The quantitative estimate of drug-likeness (QED) is 0.150. The molecule has 0 aliphatic rings. The molecule has 0 spiro atoms. The molecule has 1 aromatic heterocycles. The van der Waals surface area contributed by atoms with Crippen LogP contribution in [0.3, 0.4) is 0 Å². The molecule has 0 radical (unpaired) electrons. The molecule has 0 fully saturated rings. The van der Waals surface area contributed by atoms with Crippen LogP contribution in [0.25, 0.3) is 22.3 Å². The van der Waals surface area contributed by atoms with E-state index in [1.165, 1.54) is 23.0 Å². The minimum Gasteiger partial charge on any atom is -0.490 e. The lowest BCUT2D eigenvalue weighted by molar-refractivity contribution is -0.385. The van der Waals surface area contributed by atoms with E-state index in [2.05, 4.69) is 16.7 Å². The zero-order valence-electron chi connectivity index (χ0n) is 19.0. The van der Waals surface area contributed by atoms with Crippen LogP contribution >= 0.6 is 0 Å². The predicted molar refractivity (Wildman–Crippen MR) is 134 cm³/mol. The van der Waals surface area contributed by atoms with E-state index in [0.717, 1.165) is 0 Å². The van der Waals surface area contributed by atoms with Crippen molar-refractivity contribution in [1.82, 2.24) is 9.66 Å². The number of aromatic nitrogens is 2. The molecule has 4 aromatic rings. The van der Waals surface area contributed by atoms with Crippen LogP contribution < -0.4 is 15.0 Å². The van der Waals surface area contributed by atoms with Crippen molar-refractivity contribution in [2.45, 2.75) is 6.92 Å². The zero-order chi connectivity index (χ0) is 24.8. The van der Waals surface area contributed by atoms with E-state index in [4.69, 9.17) is 9.47 Å². The van der Waals surface area contributed by atoms with E-state index < -0.39 is 4.92 Å². The number of nitro benzene ring substituents is 1. The Balaban J connectivity index is 1.88. The van der Waals surface area contributed by atoms with Crippen molar-refractivity contribution >= 4 is 22.8 Å². The van der Waals surface area contributed by atoms with Gasteiger partial charge in [0.25, 0.3) is 5.56 Å². The van der Waals surface area contributed by atoms with Gasteiger partial charge in [-0.3, -0.25) is 14.9 Å². The van der Waals surface area contributed by atoms with Gasteiger partial charge in [-0.1, -0.05) is 55.1 Å². The summed E-state index contributed by atoms with van der Waals surface area (Å²) >= 11 is 0. The summed E-state index contributed by atoms with van der Waals surface area (Å²) in [5, 5.41) is 16.5. The number of nitro groups is 1. The number of fused-ring (bicyclic) bond motifs is 1. The van der Waals surface area contributed by atoms with Gasteiger partial charge < -0.3 is 9.47 Å². The molecule has 1 heterocycles.